The summed E-state index contributed by atoms with van der Waals surface area (Å²) in [6, 6.07) is 1.99. The van der Waals surface area contributed by atoms with Crippen molar-refractivity contribution in [2.45, 2.75) is 46.0 Å². The van der Waals surface area contributed by atoms with Crippen molar-refractivity contribution in [1.29, 1.82) is 0 Å². The first kappa shape index (κ1) is 10.4. The van der Waals surface area contributed by atoms with E-state index < -0.39 is 0 Å². The van der Waals surface area contributed by atoms with Gasteiger partial charge in [-0.15, -0.1) is 5.10 Å². The second kappa shape index (κ2) is 3.47. The molecule has 0 fully saturated rings. The number of aromatic nitrogens is 2. The first-order valence-electron chi connectivity index (χ1n) is 5.60. The standard InChI is InChI=1S/C12H19N3/c1-12(2,3)9-6-4-5-8-7-10(13)14-15-11(8)9/h7,9H,4-6H2,1-3H3,(H2,13,14). The van der Waals surface area contributed by atoms with Crippen LogP contribution in [0.3, 0.4) is 0 Å². The Morgan fingerprint density at radius 1 is 1.33 bits per heavy atom. The normalized spacial score (nSPS) is 21.1. The number of fused-ring (bicyclic) bond motifs is 1. The minimum Gasteiger partial charge on any atom is -0.382 e. The first-order valence-corrected chi connectivity index (χ1v) is 5.60. The average molecular weight is 205 g/mol. The highest BCUT2D eigenvalue weighted by Crippen LogP contribution is 2.42. The maximum absolute atomic E-state index is 5.66. The highest BCUT2D eigenvalue weighted by Gasteiger charge is 2.31. The zero-order valence-corrected chi connectivity index (χ0v) is 9.75. The number of anilines is 1. The van der Waals surface area contributed by atoms with Crippen LogP contribution < -0.4 is 5.73 Å². The van der Waals surface area contributed by atoms with Gasteiger partial charge in [0.15, 0.2) is 0 Å². The number of nitrogens with zero attached hydrogens (tertiary/aromatic N) is 2. The Morgan fingerprint density at radius 2 is 2.07 bits per heavy atom. The number of hydrogen-bond donors (Lipinski definition) is 1. The molecule has 0 saturated carbocycles. The third-order valence-electron chi connectivity index (χ3n) is 3.24. The fourth-order valence-corrected chi connectivity index (χ4v) is 2.43. The van der Waals surface area contributed by atoms with E-state index in [-0.39, 0.29) is 5.41 Å². The molecule has 1 atom stereocenters. The van der Waals surface area contributed by atoms with Gasteiger partial charge in [-0.2, -0.15) is 5.10 Å². The molecule has 0 bridgehead atoms. The summed E-state index contributed by atoms with van der Waals surface area (Å²) in [4.78, 5) is 0. The molecule has 3 nitrogen and oxygen atoms in total. The lowest BCUT2D eigenvalue weighted by Gasteiger charge is -2.34. The van der Waals surface area contributed by atoms with Crippen molar-refractivity contribution in [3.63, 3.8) is 0 Å². The van der Waals surface area contributed by atoms with Gasteiger partial charge < -0.3 is 5.73 Å². The Kier molecular flexibility index (Phi) is 2.41. The van der Waals surface area contributed by atoms with E-state index in [4.69, 9.17) is 5.73 Å². The van der Waals surface area contributed by atoms with Crippen LogP contribution in [0.25, 0.3) is 0 Å². The van der Waals surface area contributed by atoms with Crippen LogP contribution in [0.5, 0.6) is 0 Å². The van der Waals surface area contributed by atoms with Crippen LogP contribution in [-0.2, 0) is 6.42 Å². The van der Waals surface area contributed by atoms with Gasteiger partial charge in [0.2, 0.25) is 0 Å². The maximum atomic E-state index is 5.66. The van der Waals surface area contributed by atoms with Crippen LogP contribution in [0, 0.1) is 5.41 Å². The van der Waals surface area contributed by atoms with E-state index in [0.717, 1.165) is 6.42 Å². The van der Waals surface area contributed by atoms with Crippen molar-refractivity contribution in [1.82, 2.24) is 10.2 Å². The molecule has 1 aromatic heterocycles. The molecule has 2 N–H and O–H groups in total. The van der Waals surface area contributed by atoms with E-state index >= 15 is 0 Å². The van der Waals surface area contributed by atoms with Gasteiger partial charge in [0.25, 0.3) is 0 Å². The molecule has 1 aliphatic rings. The molecule has 1 unspecified atom stereocenters. The molecule has 82 valence electrons. The fraction of sp³-hybridized carbons (Fsp3) is 0.667. The van der Waals surface area contributed by atoms with E-state index in [9.17, 15) is 0 Å². The van der Waals surface area contributed by atoms with E-state index in [1.807, 2.05) is 6.07 Å². The Morgan fingerprint density at radius 3 is 2.73 bits per heavy atom. The summed E-state index contributed by atoms with van der Waals surface area (Å²) < 4.78 is 0. The van der Waals surface area contributed by atoms with Crippen molar-refractivity contribution in [3.8, 4) is 0 Å². The molecule has 0 radical (unpaired) electrons. The monoisotopic (exact) mass is 205 g/mol. The average Bonchev–Trinajstić information content (AvgIpc) is 2.15. The lowest BCUT2D eigenvalue weighted by Crippen LogP contribution is -2.24. The van der Waals surface area contributed by atoms with Gasteiger partial charge in [0.05, 0.1) is 5.69 Å². The Balaban J connectivity index is 2.43. The van der Waals surface area contributed by atoms with Crippen LogP contribution >= 0.6 is 0 Å². The van der Waals surface area contributed by atoms with Gasteiger partial charge in [-0.1, -0.05) is 20.8 Å². The predicted molar refractivity (Wildman–Crippen MR) is 61.6 cm³/mol. The smallest absolute Gasteiger partial charge is 0.146 e. The van der Waals surface area contributed by atoms with E-state index in [2.05, 4.69) is 31.0 Å². The van der Waals surface area contributed by atoms with Crippen LogP contribution in [0.2, 0.25) is 0 Å². The molecule has 0 amide bonds. The maximum Gasteiger partial charge on any atom is 0.146 e. The van der Waals surface area contributed by atoms with Crippen molar-refractivity contribution >= 4 is 5.82 Å². The van der Waals surface area contributed by atoms with Crippen molar-refractivity contribution in [3.05, 3.63) is 17.3 Å². The SMILES string of the molecule is CC(C)(C)C1CCCc2cc(N)nnc21. The number of rotatable bonds is 0. The summed E-state index contributed by atoms with van der Waals surface area (Å²) in [7, 11) is 0. The molecule has 2 rings (SSSR count). The van der Waals surface area contributed by atoms with Gasteiger partial charge in [-0.25, -0.2) is 0 Å². The van der Waals surface area contributed by atoms with Gasteiger partial charge in [-0.05, 0) is 36.3 Å². The number of nitrogens with two attached hydrogens (primary N) is 1. The van der Waals surface area contributed by atoms with E-state index in [1.165, 1.54) is 24.1 Å². The minimum atomic E-state index is 0.264. The third kappa shape index (κ3) is 1.96. The van der Waals surface area contributed by atoms with Gasteiger partial charge in [-0.3, -0.25) is 0 Å². The molecule has 1 aliphatic carbocycles. The summed E-state index contributed by atoms with van der Waals surface area (Å²) in [6.07, 6.45) is 3.55. The second-order valence-corrected chi connectivity index (χ2v) is 5.49. The van der Waals surface area contributed by atoms with Crippen LogP contribution in [0.1, 0.15) is 50.8 Å². The Bertz CT molecular complexity index is 366. The molecule has 0 saturated heterocycles. The van der Waals surface area contributed by atoms with Gasteiger partial charge in [0.1, 0.15) is 5.82 Å². The number of hydrogen-bond acceptors (Lipinski definition) is 3. The zero-order valence-electron chi connectivity index (χ0n) is 9.75. The molecular weight excluding hydrogens is 186 g/mol. The van der Waals surface area contributed by atoms with E-state index in [0.29, 0.717) is 11.7 Å². The second-order valence-electron chi connectivity index (χ2n) is 5.49. The topological polar surface area (TPSA) is 51.8 Å². The van der Waals surface area contributed by atoms with Gasteiger partial charge >= 0.3 is 0 Å². The van der Waals surface area contributed by atoms with Crippen molar-refractivity contribution in [2.24, 2.45) is 5.41 Å². The minimum absolute atomic E-state index is 0.264. The summed E-state index contributed by atoms with van der Waals surface area (Å²) >= 11 is 0. The first-order chi connectivity index (χ1) is 6.98. The molecule has 15 heavy (non-hydrogen) atoms. The molecule has 3 heteroatoms. The summed E-state index contributed by atoms with van der Waals surface area (Å²) in [5.41, 5.74) is 8.40. The lowest BCUT2D eigenvalue weighted by molar-refractivity contribution is 0.282. The number of aryl methyl sites for hydroxylation is 1. The van der Waals surface area contributed by atoms with Crippen LogP contribution in [0.15, 0.2) is 6.07 Å². The summed E-state index contributed by atoms with van der Waals surface area (Å²) in [6.45, 7) is 6.81. The highest BCUT2D eigenvalue weighted by molar-refractivity contribution is 5.36. The predicted octanol–water partition coefficient (Wildman–Crippen LogP) is 2.52. The summed E-state index contributed by atoms with van der Waals surface area (Å²) in [5, 5.41) is 8.28. The molecule has 0 aromatic carbocycles. The van der Waals surface area contributed by atoms with E-state index in [1.54, 1.807) is 0 Å². The highest BCUT2D eigenvalue weighted by atomic mass is 15.1. The molecule has 0 aliphatic heterocycles. The molecule has 1 aromatic rings. The van der Waals surface area contributed by atoms with Crippen molar-refractivity contribution in [2.75, 3.05) is 5.73 Å². The largest absolute Gasteiger partial charge is 0.382 e. The zero-order chi connectivity index (χ0) is 11.1. The molecule has 1 heterocycles. The molecular formula is C12H19N3. The van der Waals surface area contributed by atoms with Crippen LogP contribution in [0.4, 0.5) is 5.82 Å². The lowest BCUT2D eigenvalue weighted by atomic mass is 9.72. The quantitative estimate of drug-likeness (QED) is 0.708. The third-order valence-corrected chi connectivity index (χ3v) is 3.24. The molecule has 0 spiro atoms. The van der Waals surface area contributed by atoms with Crippen molar-refractivity contribution < 1.29 is 0 Å². The number of nitrogen functional groups attached to an aromatic ring is 1. The van der Waals surface area contributed by atoms with Crippen LogP contribution in [-0.4, -0.2) is 10.2 Å². The van der Waals surface area contributed by atoms with Gasteiger partial charge in [0, 0.05) is 5.92 Å². The Labute approximate surface area is 91.1 Å². The Hall–Kier alpha value is -1.12. The summed E-state index contributed by atoms with van der Waals surface area (Å²) in [5.74, 6) is 1.07. The fourth-order valence-electron chi connectivity index (χ4n) is 2.43.